The third-order valence-corrected chi connectivity index (χ3v) is 30.2. The average molecular weight is 1230 g/mol. The fraction of sp³-hybridized carbons (Fsp3) is 0.0345. The molecule has 7 heteroatoms. The Balaban J connectivity index is 0.968. The standard InChI is InChI=1S/C87H64BN3OSi2/c1-87(2)74-48-22-25-51-78(74)91(79-52-26-23-49-75(79)87)63-57-82-86-83(58-63)90(62-32-30-46-71(56-62)94(67-39-15-6-16-40-67,68-41-17-7-18-42-68)69-43-19-8-20-44-69)81-59-73-72-47-21-28-54-84(72)92-85(73)60-77(81)88(86)76-50-24-27-53-80(76)89(82)61-31-29-45-70(55-61)93(64-33-9-3-10-34-64,65-35-11-4-12-36-65)66-37-13-5-14-38-66/h3-60H,1-2H3. The fourth-order valence-electron chi connectivity index (χ4n) is 16.7. The molecular formula is C87H64BN3OSi2. The first-order chi connectivity index (χ1) is 46.4. The van der Waals surface area contributed by atoms with Crippen LogP contribution in [-0.4, -0.2) is 22.9 Å². The second kappa shape index (κ2) is 22.0. The van der Waals surface area contributed by atoms with E-state index >= 15 is 0 Å². The van der Waals surface area contributed by atoms with Crippen molar-refractivity contribution in [2.45, 2.75) is 19.3 Å². The Morgan fingerprint density at radius 1 is 0.266 bits per heavy atom. The van der Waals surface area contributed by atoms with E-state index in [4.69, 9.17) is 4.42 Å². The highest BCUT2D eigenvalue weighted by Crippen LogP contribution is 2.54. The predicted octanol–water partition coefficient (Wildman–Crippen LogP) is 14.5. The Kier molecular flexibility index (Phi) is 13.0. The van der Waals surface area contributed by atoms with E-state index in [2.05, 4.69) is 380 Å². The Labute approximate surface area is 551 Å². The summed E-state index contributed by atoms with van der Waals surface area (Å²) in [4.78, 5) is 7.80. The number of furan rings is 1. The van der Waals surface area contributed by atoms with Crippen molar-refractivity contribution in [2.24, 2.45) is 0 Å². The molecule has 0 N–H and O–H groups in total. The third-order valence-electron chi connectivity index (χ3n) is 20.7. The Bertz CT molecular complexity index is 5150. The second-order valence-electron chi connectivity index (χ2n) is 25.9. The van der Waals surface area contributed by atoms with Gasteiger partial charge >= 0.3 is 0 Å². The lowest BCUT2D eigenvalue weighted by Crippen LogP contribution is -2.74. The quantitative estimate of drug-likeness (QED) is 0.0951. The minimum Gasteiger partial charge on any atom is -0.456 e. The zero-order valence-corrected chi connectivity index (χ0v) is 54.3. The lowest BCUT2D eigenvalue weighted by Gasteiger charge is -2.46. The number of fused-ring (bicyclic) bond motifs is 9. The highest BCUT2D eigenvalue weighted by molar-refractivity contribution is 7.20. The van der Waals surface area contributed by atoms with E-state index in [-0.39, 0.29) is 12.1 Å². The van der Waals surface area contributed by atoms with Crippen LogP contribution in [0.4, 0.5) is 51.2 Å². The Morgan fingerprint density at radius 2 is 0.638 bits per heavy atom. The third kappa shape index (κ3) is 8.31. The van der Waals surface area contributed by atoms with E-state index in [1.54, 1.807) is 0 Å². The molecule has 0 saturated carbocycles. The van der Waals surface area contributed by atoms with E-state index in [0.717, 1.165) is 61.8 Å². The summed E-state index contributed by atoms with van der Waals surface area (Å²) < 4.78 is 6.99. The van der Waals surface area contributed by atoms with Crippen molar-refractivity contribution in [3.05, 3.63) is 363 Å². The predicted molar refractivity (Wildman–Crippen MR) is 402 cm³/mol. The Hall–Kier alpha value is -11.2. The SMILES string of the molecule is CC1(C)c2ccccc2N(c2cc3c4c(c2)N(c2cccc([Si](c5ccccc5)(c5ccccc5)c5ccccc5)c2)c2cc5c(cc2B4c2ccccc2N3c2cccc([Si](c3ccccc3)(c3ccccc3)c3ccccc3)c2)oc2ccccc25)c2ccccc21. The van der Waals surface area contributed by atoms with Crippen LogP contribution in [0.2, 0.25) is 0 Å². The van der Waals surface area contributed by atoms with Crippen molar-refractivity contribution < 1.29 is 4.42 Å². The van der Waals surface area contributed by atoms with Crippen molar-refractivity contribution in [1.82, 2.24) is 0 Å². The van der Waals surface area contributed by atoms with Gasteiger partial charge in [0.05, 0.1) is 17.1 Å². The molecule has 0 atom stereocenters. The molecule has 0 amide bonds. The summed E-state index contributed by atoms with van der Waals surface area (Å²) in [6.45, 7) is 4.57. The maximum atomic E-state index is 6.99. The first kappa shape index (κ1) is 55.6. The number of hydrogen-bond acceptors (Lipinski definition) is 4. The molecule has 18 rings (SSSR count). The monoisotopic (exact) mass is 1230 g/mol. The van der Waals surface area contributed by atoms with Gasteiger partial charge in [-0.1, -0.05) is 293 Å². The smallest absolute Gasteiger partial charge is 0.252 e. The van der Waals surface area contributed by atoms with Gasteiger partial charge in [0.15, 0.2) is 16.1 Å². The van der Waals surface area contributed by atoms with Gasteiger partial charge in [-0.2, -0.15) is 0 Å². The number of rotatable bonds is 11. The van der Waals surface area contributed by atoms with Gasteiger partial charge < -0.3 is 19.1 Å². The number of para-hydroxylation sites is 4. The van der Waals surface area contributed by atoms with E-state index in [1.165, 1.54) is 80.4 Å². The van der Waals surface area contributed by atoms with Crippen LogP contribution in [0, 0.1) is 0 Å². The first-order valence-corrected chi connectivity index (χ1v) is 36.8. The molecule has 0 saturated heterocycles. The molecule has 0 spiro atoms. The molecule has 0 radical (unpaired) electrons. The molecule has 0 aliphatic carbocycles. The summed E-state index contributed by atoms with van der Waals surface area (Å²) in [7, 11) is -6.07. The van der Waals surface area contributed by atoms with Crippen molar-refractivity contribution >= 4 is 154 Å². The average Bonchev–Trinajstić information content (AvgIpc) is 0.863. The number of hydrogen-bond donors (Lipinski definition) is 0. The van der Waals surface area contributed by atoms with Crippen LogP contribution in [0.15, 0.2) is 356 Å². The van der Waals surface area contributed by atoms with Crippen molar-refractivity contribution in [3.8, 4) is 0 Å². The minimum absolute atomic E-state index is 0.195. The molecule has 0 unspecified atom stereocenters. The fourth-order valence-corrected chi connectivity index (χ4v) is 26.2. The number of nitrogens with zero attached hydrogens (tertiary/aromatic N) is 3. The topological polar surface area (TPSA) is 22.9 Å². The van der Waals surface area contributed by atoms with E-state index in [1.807, 2.05) is 0 Å². The number of anilines is 9. The van der Waals surface area contributed by atoms with Crippen LogP contribution in [0.1, 0.15) is 25.0 Å². The molecule has 14 aromatic carbocycles. The van der Waals surface area contributed by atoms with Crippen LogP contribution in [0.5, 0.6) is 0 Å². The summed E-state index contributed by atoms with van der Waals surface area (Å²) in [6, 6.07) is 133. The zero-order chi connectivity index (χ0) is 62.5. The van der Waals surface area contributed by atoms with Crippen LogP contribution in [0.3, 0.4) is 0 Å². The van der Waals surface area contributed by atoms with Crippen molar-refractivity contribution in [2.75, 3.05) is 14.7 Å². The normalized spacial score (nSPS) is 13.6. The van der Waals surface area contributed by atoms with Crippen LogP contribution < -0.4 is 72.6 Å². The molecule has 0 fully saturated rings. The molecule has 0 bridgehead atoms. The Morgan fingerprint density at radius 3 is 1.11 bits per heavy atom. The molecule has 4 heterocycles. The number of benzene rings is 14. The van der Waals surface area contributed by atoms with E-state index < -0.39 is 16.1 Å². The maximum Gasteiger partial charge on any atom is 0.252 e. The molecule has 3 aliphatic heterocycles. The minimum atomic E-state index is -3.05. The largest absolute Gasteiger partial charge is 0.456 e. The highest BCUT2D eigenvalue weighted by atomic mass is 28.3. The van der Waals surface area contributed by atoms with Gasteiger partial charge in [-0.15, -0.1) is 0 Å². The lowest BCUT2D eigenvalue weighted by molar-refractivity contribution is 0.632. The van der Waals surface area contributed by atoms with Crippen LogP contribution in [-0.2, 0) is 5.41 Å². The first-order valence-electron chi connectivity index (χ1n) is 32.8. The van der Waals surface area contributed by atoms with E-state index in [9.17, 15) is 0 Å². The highest BCUT2D eigenvalue weighted by Gasteiger charge is 2.48. The van der Waals surface area contributed by atoms with Gasteiger partial charge in [-0.3, -0.25) is 0 Å². The summed E-state index contributed by atoms with van der Waals surface area (Å²) in [5.41, 5.74) is 17.8. The molecule has 1 aromatic heterocycles. The van der Waals surface area contributed by atoms with E-state index in [0.29, 0.717) is 0 Å². The van der Waals surface area contributed by atoms with Crippen molar-refractivity contribution in [1.29, 1.82) is 0 Å². The van der Waals surface area contributed by atoms with Gasteiger partial charge in [0.2, 0.25) is 0 Å². The van der Waals surface area contributed by atoms with Gasteiger partial charge in [-0.25, -0.2) is 0 Å². The summed E-state index contributed by atoms with van der Waals surface area (Å²) in [5.74, 6) is 0. The van der Waals surface area contributed by atoms with Gasteiger partial charge in [0, 0.05) is 50.3 Å². The molecule has 94 heavy (non-hydrogen) atoms. The van der Waals surface area contributed by atoms with Gasteiger partial charge in [0.25, 0.3) is 6.71 Å². The molecule has 444 valence electrons. The van der Waals surface area contributed by atoms with Crippen LogP contribution in [0.25, 0.3) is 21.9 Å². The molecule has 3 aliphatic rings. The van der Waals surface area contributed by atoms with Gasteiger partial charge in [-0.05, 0) is 142 Å². The molecule has 4 nitrogen and oxygen atoms in total. The maximum absolute atomic E-state index is 6.99. The van der Waals surface area contributed by atoms with Crippen LogP contribution >= 0.6 is 0 Å². The second-order valence-corrected chi connectivity index (χ2v) is 33.5. The summed E-state index contributed by atoms with van der Waals surface area (Å²) >= 11 is 0. The molecular weight excluding hydrogens is 1170 g/mol. The summed E-state index contributed by atoms with van der Waals surface area (Å²) in [6.07, 6.45) is 0. The van der Waals surface area contributed by atoms with Gasteiger partial charge in [0.1, 0.15) is 11.2 Å². The molecule has 15 aromatic rings. The zero-order valence-electron chi connectivity index (χ0n) is 52.3. The summed E-state index contributed by atoms with van der Waals surface area (Å²) in [5, 5.41) is 12.8. The lowest BCUT2D eigenvalue weighted by atomic mass is 9.33. The van der Waals surface area contributed by atoms with Crippen molar-refractivity contribution in [3.63, 3.8) is 0 Å².